The van der Waals surface area contributed by atoms with E-state index in [4.69, 9.17) is 4.74 Å². The molecule has 0 bridgehead atoms. The Labute approximate surface area is 173 Å². The van der Waals surface area contributed by atoms with Gasteiger partial charge in [0, 0.05) is 0 Å². The molecule has 0 radical (unpaired) electrons. The summed E-state index contributed by atoms with van der Waals surface area (Å²) >= 11 is 0. The first-order valence-corrected chi connectivity index (χ1v) is 11.4. The first kappa shape index (κ1) is 22.7. The number of carbonyl (C=O) groups excluding carboxylic acids is 1. The van der Waals surface area contributed by atoms with Gasteiger partial charge in [-0.2, -0.15) is 0 Å². The predicted molar refractivity (Wildman–Crippen MR) is 117 cm³/mol. The topological polar surface area (TPSA) is 75.7 Å². The smallest absolute Gasteiger partial charge is 0.243 e. The molecule has 1 amide bonds. The number of carbonyl (C=O) groups is 1. The van der Waals surface area contributed by atoms with Crippen LogP contribution in [0.5, 0.6) is 5.75 Å². The molecule has 0 aliphatic carbocycles. The third-order valence-electron chi connectivity index (χ3n) is 4.82. The van der Waals surface area contributed by atoms with Crippen LogP contribution < -0.4 is 14.4 Å². The van der Waals surface area contributed by atoms with Crippen LogP contribution in [0.25, 0.3) is 0 Å². The second-order valence-electron chi connectivity index (χ2n) is 7.41. The SMILES string of the molecule is Cc1ccc(OCCNC(=O)C(C)N(c2ccc(C)c(C)c2)S(C)(=O)=O)c(C)c1. The largest absolute Gasteiger partial charge is 0.491 e. The van der Waals surface area contributed by atoms with Crippen LogP contribution in [0.4, 0.5) is 5.69 Å². The molecule has 29 heavy (non-hydrogen) atoms. The summed E-state index contributed by atoms with van der Waals surface area (Å²) in [7, 11) is -3.63. The van der Waals surface area contributed by atoms with Crippen LogP contribution in [0.15, 0.2) is 36.4 Å². The summed E-state index contributed by atoms with van der Waals surface area (Å²) in [6.45, 7) is 10.0. The Hall–Kier alpha value is -2.54. The van der Waals surface area contributed by atoms with Crippen LogP contribution in [0.1, 0.15) is 29.2 Å². The number of nitrogens with one attached hydrogen (secondary N) is 1. The van der Waals surface area contributed by atoms with Gasteiger partial charge in [-0.1, -0.05) is 23.8 Å². The van der Waals surface area contributed by atoms with Gasteiger partial charge in [-0.15, -0.1) is 0 Å². The zero-order valence-corrected chi connectivity index (χ0v) is 18.8. The summed E-state index contributed by atoms with van der Waals surface area (Å²) < 4.78 is 31.6. The number of hydrogen-bond acceptors (Lipinski definition) is 4. The molecular formula is C22H30N2O4S. The number of benzene rings is 2. The molecule has 0 fully saturated rings. The van der Waals surface area contributed by atoms with E-state index in [2.05, 4.69) is 5.32 Å². The van der Waals surface area contributed by atoms with Crippen molar-refractivity contribution in [2.75, 3.05) is 23.7 Å². The van der Waals surface area contributed by atoms with Crippen LogP contribution in [0, 0.1) is 27.7 Å². The number of amides is 1. The third kappa shape index (κ3) is 5.97. The molecule has 6 nitrogen and oxygen atoms in total. The maximum absolute atomic E-state index is 12.6. The van der Waals surface area contributed by atoms with Gasteiger partial charge in [0.25, 0.3) is 0 Å². The molecule has 0 heterocycles. The molecule has 7 heteroatoms. The summed E-state index contributed by atoms with van der Waals surface area (Å²) in [5, 5.41) is 2.76. The molecule has 0 saturated carbocycles. The summed E-state index contributed by atoms with van der Waals surface area (Å²) in [5.74, 6) is 0.392. The van der Waals surface area contributed by atoms with Crippen LogP contribution in [-0.4, -0.2) is 39.8 Å². The van der Waals surface area contributed by atoms with Crippen molar-refractivity contribution < 1.29 is 17.9 Å². The average molecular weight is 419 g/mol. The summed E-state index contributed by atoms with van der Waals surface area (Å²) in [6, 6.07) is 10.4. The fourth-order valence-electron chi connectivity index (χ4n) is 3.12. The highest BCUT2D eigenvalue weighted by Crippen LogP contribution is 2.24. The molecule has 0 saturated heterocycles. The molecule has 2 rings (SSSR count). The number of ether oxygens (including phenoxy) is 1. The van der Waals surface area contributed by atoms with Gasteiger partial charge >= 0.3 is 0 Å². The molecular weight excluding hydrogens is 388 g/mol. The molecule has 1 N–H and O–H groups in total. The Morgan fingerprint density at radius 2 is 1.72 bits per heavy atom. The Morgan fingerprint density at radius 1 is 1.03 bits per heavy atom. The van der Waals surface area contributed by atoms with Crippen molar-refractivity contribution in [3.63, 3.8) is 0 Å². The standard InChI is InChI=1S/C22H30N2O4S/c1-15-7-10-21(18(4)13-15)28-12-11-23-22(25)19(5)24(29(6,26)27)20-9-8-16(2)17(3)14-20/h7-10,13-14,19H,11-12H2,1-6H3,(H,23,25). The minimum atomic E-state index is -3.63. The van der Waals surface area contributed by atoms with E-state index >= 15 is 0 Å². The van der Waals surface area contributed by atoms with Crippen molar-refractivity contribution in [1.29, 1.82) is 0 Å². The third-order valence-corrected chi connectivity index (χ3v) is 6.06. The van der Waals surface area contributed by atoms with E-state index in [1.54, 1.807) is 19.1 Å². The van der Waals surface area contributed by atoms with Crippen LogP contribution in [0.2, 0.25) is 0 Å². The second kappa shape index (κ2) is 9.31. The van der Waals surface area contributed by atoms with E-state index in [-0.39, 0.29) is 12.5 Å². The zero-order valence-electron chi connectivity index (χ0n) is 17.9. The van der Waals surface area contributed by atoms with Crippen molar-refractivity contribution >= 4 is 21.6 Å². The van der Waals surface area contributed by atoms with Gasteiger partial charge in [-0.3, -0.25) is 9.10 Å². The molecule has 0 aromatic heterocycles. The van der Waals surface area contributed by atoms with Crippen LogP contribution in [0.3, 0.4) is 0 Å². The zero-order chi connectivity index (χ0) is 21.8. The average Bonchev–Trinajstić information content (AvgIpc) is 2.62. The lowest BCUT2D eigenvalue weighted by atomic mass is 10.1. The first-order chi connectivity index (χ1) is 13.5. The van der Waals surface area contributed by atoms with E-state index in [1.165, 1.54) is 0 Å². The second-order valence-corrected chi connectivity index (χ2v) is 9.27. The summed E-state index contributed by atoms with van der Waals surface area (Å²) in [5.41, 5.74) is 4.69. The molecule has 158 valence electrons. The Bertz CT molecular complexity index is 986. The monoisotopic (exact) mass is 418 g/mol. The molecule has 1 unspecified atom stereocenters. The molecule has 2 aromatic rings. The number of anilines is 1. The number of aryl methyl sites for hydroxylation is 4. The fraction of sp³-hybridized carbons (Fsp3) is 0.409. The van der Waals surface area contributed by atoms with Crippen molar-refractivity contribution in [2.45, 2.75) is 40.7 Å². The van der Waals surface area contributed by atoms with Crippen LogP contribution >= 0.6 is 0 Å². The lowest BCUT2D eigenvalue weighted by Crippen LogP contribution is -2.48. The highest BCUT2D eigenvalue weighted by Gasteiger charge is 2.29. The minimum absolute atomic E-state index is 0.279. The number of rotatable bonds is 8. The number of hydrogen-bond donors (Lipinski definition) is 1. The van der Waals surface area contributed by atoms with E-state index < -0.39 is 16.1 Å². The molecule has 0 aliphatic rings. The Kier molecular flexibility index (Phi) is 7.30. The molecule has 1 atom stereocenters. The number of nitrogens with zero attached hydrogens (tertiary/aromatic N) is 1. The molecule has 2 aromatic carbocycles. The Balaban J connectivity index is 2.02. The van der Waals surface area contributed by atoms with Crippen molar-refractivity contribution in [3.05, 3.63) is 58.7 Å². The maximum atomic E-state index is 12.6. The lowest BCUT2D eigenvalue weighted by Gasteiger charge is -2.28. The minimum Gasteiger partial charge on any atom is -0.491 e. The highest BCUT2D eigenvalue weighted by atomic mass is 32.2. The van der Waals surface area contributed by atoms with Gasteiger partial charge in [-0.05, 0) is 69.5 Å². The van der Waals surface area contributed by atoms with Gasteiger partial charge in [0.05, 0.1) is 18.5 Å². The quantitative estimate of drug-likeness (QED) is 0.668. The van der Waals surface area contributed by atoms with Crippen molar-refractivity contribution in [3.8, 4) is 5.75 Å². The van der Waals surface area contributed by atoms with E-state index in [1.807, 2.05) is 52.0 Å². The normalized spacial score (nSPS) is 12.3. The first-order valence-electron chi connectivity index (χ1n) is 9.55. The van der Waals surface area contributed by atoms with Gasteiger partial charge < -0.3 is 10.1 Å². The lowest BCUT2D eigenvalue weighted by molar-refractivity contribution is -0.121. The maximum Gasteiger partial charge on any atom is 0.243 e. The summed E-state index contributed by atoms with van der Waals surface area (Å²) in [4.78, 5) is 12.6. The van der Waals surface area contributed by atoms with Gasteiger partial charge in [-0.25, -0.2) is 8.42 Å². The fourth-order valence-corrected chi connectivity index (χ4v) is 4.28. The van der Waals surface area contributed by atoms with Gasteiger partial charge in [0.1, 0.15) is 18.4 Å². The predicted octanol–water partition coefficient (Wildman–Crippen LogP) is 3.27. The van der Waals surface area contributed by atoms with Crippen molar-refractivity contribution in [1.82, 2.24) is 5.32 Å². The van der Waals surface area contributed by atoms with E-state index in [9.17, 15) is 13.2 Å². The highest BCUT2D eigenvalue weighted by molar-refractivity contribution is 7.92. The van der Waals surface area contributed by atoms with Crippen molar-refractivity contribution in [2.24, 2.45) is 0 Å². The number of sulfonamides is 1. The van der Waals surface area contributed by atoms with E-state index in [0.717, 1.165) is 38.6 Å². The molecule has 0 spiro atoms. The van der Waals surface area contributed by atoms with E-state index in [0.29, 0.717) is 12.3 Å². The Morgan fingerprint density at radius 3 is 2.31 bits per heavy atom. The van der Waals surface area contributed by atoms with Gasteiger partial charge in [0.15, 0.2) is 0 Å². The summed E-state index contributed by atoms with van der Waals surface area (Å²) in [6.07, 6.45) is 1.11. The van der Waals surface area contributed by atoms with Crippen LogP contribution in [-0.2, 0) is 14.8 Å². The molecule has 0 aliphatic heterocycles. The van der Waals surface area contributed by atoms with Gasteiger partial charge in [0.2, 0.25) is 15.9 Å².